The Kier molecular flexibility index (Phi) is 4.20. The quantitative estimate of drug-likeness (QED) is 0.796. The van der Waals surface area contributed by atoms with Gasteiger partial charge in [-0.2, -0.15) is 0 Å². The number of alkyl halides is 1. The summed E-state index contributed by atoms with van der Waals surface area (Å²) in [7, 11) is 0. The summed E-state index contributed by atoms with van der Waals surface area (Å²) in [6.45, 7) is 1.93. The van der Waals surface area contributed by atoms with Gasteiger partial charge in [0.05, 0.1) is 22.8 Å². The van der Waals surface area contributed by atoms with Gasteiger partial charge in [-0.3, -0.25) is 4.98 Å². The van der Waals surface area contributed by atoms with Gasteiger partial charge in [-0.25, -0.2) is 4.98 Å². The number of ether oxygens (including phenoxy) is 1. The molecule has 17 heavy (non-hydrogen) atoms. The Morgan fingerprint density at radius 2 is 2.29 bits per heavy atom. The van der Waals surface area contributed by atoms with Crippen LogP contribution in [0.3, 0.4) is 0 Å². The molecule has 0 N–H and O–H groups in total. The molecule has 0 aliphatic heterocycles. The van der Waals surface area contributed by atoms with Crippen LogP contribution in [0.25, 0.3) is 0 Å². The number of hydrogen-bond acceptors (Lipinski definition) is 4. The highest BCUT2D eigenvalue weighted by atomic mass is 35.5. The standard InChI is InChI=1S/C11H10Cl2N2OS/c1-7(11-15-9(3-12)6-17-11)16-10-2-8(13)4-14-5-10/h2,4-7H,3H2,1H3. The van der Waals surface area contributed by atoms with Crippen LogP contribution in [0.15, 0.2) is 23.8 Å². The minimum absolute atomic E-state index is 0.141. The number of rotatable bonds is 4. The first-order chi connectivity index (χ1) is 8.19. The maximum atomic E-state index is 5.83. The molecule has 2 heterocycles. The number of halogens is 2. The van der Waals surface area contributed by atoms with Crippen LogP contribution in [0.4, 0.5) is 0 Å². The summed E-state index contributed by atoms with van der Waals surface area (Å²) in [5, 5.41) is 3.37. The highest BCUT2D eigenvalue weighted by Gasteiger charge is 2.12. The van der Waals surface area contributed by atoms with Gasteiger partial charge in [-0.15, -0.1) is 22.9 Å². The number of thiazole rings is 1. The van der Waals surface area contributed by atoms with Crippen LogP contribution in [0.1, 0.15) is 23.7 Å². The monoisotopic (exact) mass is 288 g/mol. The Bertz CT molecular complexity index is 504. The fourth-order valence-electron chi connectivity index (χ4n) is 1.28. The average molecular weight is 289 g/mol. The van der Waals surface area contributed by atoms with Crippen molar-refractivity contribution in [2.75, 3.05) is 0 Å². The van der Waals surface area contributed by atoms with Gasteiger partial charge in [0.2, 0.25) is 0 Å². The smallest absolute Gasteiger partial charge is 0.147 e. The zero-order chi connectivity index (χ0) is 12.3. The SMILES string of the molecule is CC(Oc1cncc(Cl)c1)c1nc(CCl)cs1. The van der Waals surface area contributed by atoms with Crippen LogP contribution in [0.2, 0.25) is 5.02 Å². The molecule has 6 heteroatoms. The largest absolute Gasteiger partial charge is 0.482 e. The Hall–Kier alpha value is -0.840. The molecule has 2 aromatic rings. The molecule has 0 saturated carbocycles. The van der Waals surface area contributed by atoms with E-state index in [-0.39, 0.29) is 6.10 Å². The first kappa shape index (κ1) is 12.6. The molecule has 0 aliphatic carbocycles. The van der Waals surface area contributed by atoms with Crippen molar-refractivity contribution < 1.29 is 4.74 Å². The van der Waals surface area contributed by atoms with Crippen LogP contribution >= 0.6 is 34.5 Å². The molecule has 0 aromatic carbocycles. The summed E-state index contributed by atoms with van der Waals surface area (Å²) >= 11 is 13.1. The Labute approximate surface area is 113 Å². The normalized spacial score (nSPS) is 12.4. The second-order valence-electron chi connectivity index (χ2n) is 3.41. The van der Waals surface area contributed by atoms with Gasteiger partial charge >= 0.3 is 0 Å². The van der Waals surface area contributed by atoms with Gasteiger partial charge in [-0.05, 0) is 6.92 Å². The second-order valence-corrected chi connectivity index (χ2v) is 5.00. The van der Waals surface area contributed by atoms with Gasteiger partial charge in [-0.1, -0.05) is 11.6 Å². The topological polar surface area (TPSA) is 35.0 Å². The molecule has 0 radical (unpaired) electrons. The average Bonchev–Trinajstić information content (AvgIpc) is 2.77. The first-order valence-electron chi connectivity index (χ1n) is 4.96. The maximum absolute atomic E-state index is 5.83. The van der Waals surface area contributed by atoms with E-state index < -0.39 is 0 Å². The molecule has 90 valence electrons. The fourth-order valence-corrected chi connectivity index (χ4v) is 2.48. The lowest BCUT2D eigenvalue weighted by Crippen LogP contribution is -2.03. The number of nitrogens with zero attached hydrogens (tertiary/aromatic N) is 2. The molecule has 3 nitrogen and oxygen atoms in total. The van der Waals surface area contributed by atoms with Crippen LogP contribution in [-0.2, 0) is 5.88 Å². The predicted molar refractivity (Wildman–Crippen MR) is 70.0 cm³/mol. The molecule has 0 aliphatic rings. The highest BCUT2D eigenvalue weighted by Crippen LogP contribution is 2.25. The first-order valence-corrected chi connectivity index (χ1v) is 6.75. The molecule has 1 unspecified atom stereocenters. The third-order valence-electron chi connectivity index (χ3n) is 2.05. The Morgan fingerprint density at radius 1 is 1.47 bits per heavy atom. The van der Waals surface area contributed by atoms with Crippen LogP contribution in [0, 0.1) is 0 Å². The third-order valence-corrected chi connectivity index (χ3v) is 3.58. The van der Waals surface area contributed by atoms with E-state index in [1.807, 2.05) is 12.3 Å². The molecule has 0 fully saturated rings. The van der Waals surface area contributed by atoms with Crippen molar-refractivity contribution in [3.05, 3.63) is 39.6 Å². The van der Waals surface area contributed by atoms with E-state index >= 15 is 0 Å². The predicted octanol–water partition coefficient (Wildman–Crippen LogP) is 4.07. The summed E-state index contributed by atoms with van der Waals surface area (Å²) in [4.78, 5) is 8.31. The number of hydrogen-bond donors (Lipinski definition) is 0. The van der Waals surface area contributed by atoms with Crippen molar-refractivity contribution >= 4 is 34.5 Å². The maximum Gasteiger partial charge on any atom is 0.147 e. The molecular weight excluding hydrogens is 279 g/mol. The van der Waals surface area contributed by atoms with Gasteiger partial charge in [0.1, 0.15) is 16.9 Å². The summed E-state index contributed by atoms with van der Waals surface area (Å²) in [5.74, 6) is 1.05. The zero-order valence-corrected chi connectivity index (χ0v) is 11.4. The van der Waals surface area contributed by atoms with E-state index in [0.29, 0.717) is 16.7 Å². The lowest BCUT2D eigenvalue weighted by molar-refractivity contribution is 0.225. The minimum atomic E-state index is -0.141. The van der Waals surface area contributed by atoms with Crippen molar-refractivity contribution in [1.29, 1.82) is 0 Å². The fraction of sp³-hybridized carbons (Fsp3) is 0.273. The van der Waals surface area contributed by atoms with Gasteiger partial charge in [0.15, 0.2) is 0 Å². The number of aromatic nitrogens is 2. The van der Waals surface area contributed by atoms with Gasteiger partial charge < -0.3 is 4.74 Å². The van der Waals surface area contributed by atoms with E-state index in [9.17, 15) is 0 Å². The molecule has 2 rings (SSSR count). The third kappa shape index (κ3) is 3.31. The Balaban J connectivity index is 2.08. The lowest BCUT2D eigenvalue weighted by Gasteiger charge is -2.11. The highest BCUT2D eigenvalue weighted by molar-refractivity contribution is 7.09. The van der Waals surface area contributed by atoms with Crippen molar-refractivity contribution in [1.82, 2.24) is 9.97 Å². The summed E-state index contributed by atoms with van der Waals surface area (Å²) in [5.41, 5.74) is 0.867. The number of pyridine rings is 1. The van der Waals surface area contributed by atoms with Gasteiger partial charge in [0.25, 0.3) is 0 Å². The van der Waals surface area contributed by atoms with Crippen LogP contribution in [0.5, 0.6) is 5.75 Å². The van der Waals surface area contributed by atoms with Crippen molar-refractivity contribution in [3.8, 4) is 5.75 Å². The Morgan fingerprint density at radius 3 is 2.94 bits per heavy atom. The van der Waals surface area contributed by atoms with E-state index in [1.54, 1.807) is 18.5 Å². The summed E-state index contributed by atoms with van der Waals surface area (Å²) in [6, 6.07) is 1.72. The second kappa shape index (κ2) is 5.67. The summed E-state index contributed by atoms with van der Waals surface area (Å²) < 4.78 is 5.70. The van der Waals surface area contributed by atoms with E-state index in [1.165, 1.54) is 11.3 Å². The van der Waals surface area contributed by atoms with E-state index in [0.717, 1.165) is 10.7 Å². The van der Waals surface area contributed by atoms with Crippen molar-refractivity contribution in [2.24, 2.45) is 0 Å². The van der Waals surface area contributed by atoms with Crippen LogP contribution in [-0.4, -0.2) is 9.97 Å². The van der Waals surface area contributed by atoms with E-state index in [4.69, 9.17) is 27.9 Å². The van der Waals surface area contributed by atoms with Gasteiger partial charge in [0, 0.05) is 17.6 Å². The molecule has 0 amide bonds. The van der Waals surface area contributed by atoms with Crippen molar-refractivity contribution in [3.63, 3.8) is 0 Å². The zero-order valence-electron chi connectivity index (χ0n) is 9.06. The van der Waals surface area contributed by atoms with Crippen LogP contribution < -0.4 is 4.74 Å². The lowest BCUT2D eigenvalue weighted by atomic mass is 10.4. The molecule has 2 aromatic heterocycles. The van der Waals surface area contributed by atoms with Crippen molar-refractivity contribution in [2.45, 2.75) is 18.9 Å². The molecule has 0 saturated heterocycles. The molecule has 1 atom stereocenters. The minimum Gasteiger partial charge on any atom is -0.482 e. The summed E-state index contributed by atoms with van der Waals surface area (Å²) in [6.07, 6.45) is 3.05. The molecule has 0 spiro atoms. The molecular formula is C11H10Cl2N2OS. The molecule has 0 bridgehead atoms. The van der Waals surface area contributed by atoms with E-state index in [2.05, 4.69) is 9.97 Å².